The number of aliphatic hydroxyl groups is 1. The molecular weight excluding hydrogens is 251 g/mol. The monoisotopic (exact) mass is 268 g/mol. The van der Waals surface area contributed by atoms with Crippen molar-refractivity contribution in [1.29, 1.82) is 0 Å². The average Bonchev–Trinajstić information content (AvgIpc) is 2.41. The van der Waals surface area contributed by atoms with Gasteiger partial charge in [0.15, 0.2) is 0 Å². The van der Waals surface area contributed by atoms with Gasteiger partial charge in [-0.2, -0.15) is 0 Å². The molecule has 2 amide bonds. The summed E-state index contributed by atoms with van der Waals surface area (Å²) in [4.78, 5) is 13.7. The van der Waals surface area contributed by atoms with E-state index in [1.165, 1.54) is 23.1 Å². The molecule has 1 heterocycles. The van der Waals surface area contributed by atoms with Gasteiger partial charge in [0.2, 0.25) is 0 Å². The highest BCUT2D eigenvalue weighted by Crippen LogP contribution is 2.17. The number of nitrogens with one attached hydrogen (secondary N) is 1. The maximum atomic E-state index is 13.0. The molecule has 0 bridgehead atoms. The lowest BCUT2D eigenvalue weighted by Crippen LogP contribution is -2.52. The van der Waals surface area contributed by atoms with Crippen molar-refractivity contribution in [2.45, 2.75) is 13.0 Å². The SMILES string of the molecule is Cc1cc(F)ccc1NC(=O)N1CCOC[C@@H]1CO. The molecule has 0 unspecified atom stereocenters. The molecule has 19 heavy (non-hydrogen) atoms. The number of benzene rings is 1. The first kappa shape index (κ1) is 13.8. The average molecular weight is 268 g/mol. The van der Waals surface area contributed by atoms with Gasteiger partial charge in [0.25, 0.3) is 0 Å². The number of carbonyl (C=O) groups is 1. The van der Waals surface area contributed by atoms with Crippen molar-refractivity contribution in [3.8, 4) is 0 Å². The molecule has 2 rings (SSSR count). The van der Waals surface area contributed by atoms with E-state index in [0.29, 0.717) is 31.0 Å². The summed E-state index contributed by atoms with van der Waals surface area (Å²) < 4.78 is 18.2. The van der Waals surface area contributed by atoms with Gasteiger partial charge in [-0.3, -0.25) is 0 Å². The third-order valence-corrected chi connectivity index (χ3v) is 3.13. The van der Waals surface area contributed by atoms with Gasteiger partial charge in [0.1, 0.15) is 5.82 Å². The second-order valence-electron chi connectivity index (χ2n) is 4.49. The summed E-state index contributed by atoms with van der Waals surface area (Å²) in [6.07, 6.45) is 0. The van der Waals surface area contributed by atoms with E-state index < -0.39 is 0 Å². The van der Waals surface area contributed by atoms with Crippen LogP contribution in [0.4, 0.5) is 14.9 Å². The summed E-state index contributed by atoms with van der Waals surface area (Å²) in [6, 6.07) is 3.53. The molecule has 0 aromatic heterocycles. The summed E-state index contributed by atoms with van der Waals surface area (Å²) >= 11 is 0. The zero-order valence-corrected chi connectivity index (χ0v) is 10.7. The Morgan fingerprint density at radius 3 is 3.11 bits per heavy atom. The van der Waals surface area contributed by atoms with Crippen LogP contribution in [0.1, 0.15) is 5.56 Å². The van der Waals surface area contributed by atoms with Crippen LogP contribution in [0, 0.1) is 12.7 Å². The number of halogens is 1. The Morgan fingerprint density at radius 1 is 1.63 bits per heavy atom. The van der Waals surface area contributed by atoms with Crippen molar-refractivity contribution in [1.82, 2.24) is 4.90 Å². The number of urea groups is 1. The van der Waals surface area contributed by atoms with E-state index in [4.69, 9.17) is 4.74 Å². The number of morpholine rings is 1. The zero-order chi connectivity index (χ0) is 13.8. The zero-order valence-electron chi connectivity index (χ0n) is 10.7. The summed E-state index contributed by atoms with van der Waals surface area (Å²) in [5, 5.41) is 11.9. The van der Waals surface area contributed by atoms with Crippen molar-refractivity contribution in [2.75, 3.05) is 31.7 Å². The fourth-order valence-corrected chi connectivity index (χ4v) is 2.03. The molecule has 0 saturated carbocycles. The number of carbonyl (C=O) groups excluding carboxylic acids is 1. The van der Waals surface area contributed by atoms with Gasteiger partial charge in [-0.1, -0.05) is 0 Å². The Hall–Kier alpha value is -1.66. The van der Waals surface area contributed by atoms with Gasteiger partial charge in [0, 0.05) is 12.2 Å². The Bertz CT molecular complexity index is 467. The minimum Gasteiger partial charge on any atom is -0.394 e. The first-order valence-corrected chi connectivity index (χ1v) is 6.14. The predicted molar refractivity (Wildman–Crippen MR) is 68.6 cm³/mol. The van der Waals surface area contributed by atoms with Crippen LogP contribution in [0.5, 0.6) is 0 Å². The standard InChI is InChI=1S/C13H17FN2O3/c1-9-6-10(14)2-3-12(9)15-13(18)16-4-5-19-8-11(16)7-17/h2-3,6,11,17H,4-5,7-8H2,1H3,(H,15,18)/t11-/m0/s1. The quantitative estimate of drug-likeness (QED) is 0.851. The molecule has 1 atom stereocenters. The second kappa shape index (κ2) is 5.99. The van der Waals surface area contributed by atoms with Crippen LogP contribution in [0.3, 0.4) is 0 Å². The largest absolute Gasteiger partial charge is 0.394 e. The van der Waals surface area contributed by atoms with E-state index >= 15 is 0 Å². The number of amides is 2. The summed E-state index contributed by atoms with van der Waals surface area (Å²) in [6.45, 7) is 2.79. The van der Waals surface area contributed by atoms with E-state index in [2.05, 4.69) is 5.32 Å². The summed E-state index contributed by atoms with van der Waals surface area (Å²) in [7, 11) is 0. The molecule has 1 aromatic rings. The van der Waals surface area contributed by atoms with Crippen LogP contribution in [-0.4, -0.2) is 48.4 Å². The molecule has 104 valence electrons. The maximum absolute atomic E-state index is 13.0. The molecule has 1 aliphatic heterocycles. The van der Waals surface area contributed by atoms with Crippen molar-refractivity contribution < 1.29 is 19.0 Å². The van der Waals surface area contributed by atoms with E-state index in [-0.39, 0.29) is 24.5 Å². The third-order valence-electron chi connectivity index (χ3n) is 3.13. The lowest BCUT2D eigenvalue weighted by Gasteiger charge is -2.34. The normalized spacial score (nSPS) is 19.3. The minimum atomic E-state index is -0.338. The molecule has 1 fully saturated rings. The van der Waals surface area contributed by atoms with Crippen molar-refractivity contribution in [3.05, 3.63) is 29.6 Å². The Balaban J connectivity index is 2.07. The molecule has 0 spiro atoms. The Morgan fingerprint density at radius 2 is 2.42 bits per heavy atom. The maximum Gasteiger partial charge on any atom is 0.322 e. The first-order valence-electron chi connectivity index (χ1n) is 6.14. The number of anilines is 1. The van der Waals surface area contributed by atoms with Crippen molar-refractivity contribution in [2.24, 2.45) is 0 Å². The number of ether oxygens (including phenoxy) is 1. The summed E-state index contributed by atoms with van der Waals surface area (Å²) in [5.41, 5.74) is 1.22. The molecule has 5 nitrogen and oxygen atoms in total. The van der Waals surface area contributed by atoms with Crippen molar-refractivity contribution in [3.63, 3.8) is 0 Å². The van der Waals surface area contributed by atoms with Gasteiger partial charge >= 0.3 is 6.03 Å². The van der Waals surface area contributed by atoms with Crippen LogP contribution in [0.2, 0.25) is 0 Å². The van der Waals surface area contributed by atoms with Crippen molar-refractivity contribution >= 4 is 11.7 Å². The fourth-order valence-electron chi connectivity index (χ4n) is 2.03. The number of aliphatic hydroxyl groups excluding tert-OH is 1. The van der Waals surface area contributed by atoms with Gasteiger partial charge < -0.3 is 20.1 Å². The van der Waals surface area contributed by atoms with Crippen LogP contribution >= 0.6 is 0 Å². The highest BCUT2D eigenvalue weighted by molar-refractivity contribution is 5.90. The third kappa shape index (κ3) is 3.21. The van der Waals surface area contributed by atoms with Crippen LogP contribution in [0.25, 0.3) is 0 Å². The molecule has 1 aromatic carbocycles. The van der Waals surface area contributed by atoms with Gasteiger partial charge in [0.05, 0.1) is 25.9 Å². The Labute approximate surface area is 111 Å². The minimum absolute atomic E-state index is 0.143. The Kier molecular flexibility index (Phi) is 4.34. The molecule has 6 heteroatoms. The molecular formula is C13H17FN2O3. The summed E-state index contributed by atoms with van der Waals surface area (Å²) in [5.74, 6) is -0.338. The van der Waals surface area contributed by atoms with E-state index in [1.54, 1.807) is 6.92 Å². The fraction of sp³-hybridized carbons (Fsp3) is 0.462. The second-order valence-corrected chi connectivity index (χ2v) is 4.49. The number of hydrogen-bond acceptors (Lipinski definition) is 3. The number of aryl methyl sites for hydroxylation is 1. The number of nitrogens with zero attached hydrogens (tertiary/aromatic N) is 1. The van der Waals surface area contributed by atoms with E-state index in [1.807, 2.05) is 0 Å². The highest BCUT2D eigenvalue weighted by atomic mass is 19.1. The topological polar surface area (TPSA) is 61.8 Å². The van der Waals surface area contributed by atoms with Gasteiger partial charge in [-0.25, -0.2) is 9.18 Å². The lowest BCUT2D eigenvalue weighted by molar-refractivity contribution is -0.00485. The molecule has 2 N–H and O–H groups in total. The van der Waals surface area contributed by atoms with Crippen LogP contribution < -0.4 is 5.32 Å². The number of hydrogen-bond donors (Lipinski definition) is 2. The smallest absolute Gasteiger partial charge is 0.322 e. The van der Waals surface area contributed by atoms with E-state index in [9.17, 15) is 14.3 Å². The van der Waals surface area contributed by atoms with E-state index in [0.717, 1.165) is 0 Å². The molecule has 1 aliphatic rings. The first-order chi connectivity index (χ1) is 9.11. The predicted octanol–water partition coefficient (Wildman–Crippen LogP) is 1.36. The molecule has 1 saturated heterocycles. The van der Waals surface area contributed by atoms with Crippen LogP contribution in [0.15, 0.2) is 18.2 Å². The molecule has 0 aliphatic carbocycles. The van der Waals surface area contributed by atoms with Crippen LogP contribution in [-0.2, 0) is 4.74 Å². The van der Waals surface area contributed by atoms with Gasteiger partial charge in [-0.15, -0.1) is 0 Å². The number of rotatable bonds is 2. The lowest BCUT2D eigenvalue weighted by atomic mass is 10.2. The highest BCUT2D eigenvalue weighted by Gasteiger charge is 2.26. The van der Waals surface area contributed by atoms with Gasteiger partial charge in [-0.05, 0) is 30.7 Å². The molecule has 0 radical (unpaired) electrons.